The number of carbonyl (C=O) groups is 1. The maximum Gasteiger partial charge on any atom is 0.237 e. The van der Waals surface area contributed by atoms with E-state index < -0.39 is 0 Å². The summed E-state index contributed by atoms with van der Waals surface area (Å²) < 4.78 is 5.77. The van der Waals surface area contributed by atoms with E-state index in [1.165, 1.54) is 0 Å². The third kappa shape index (κ3) is 3.18. The zero-order valence-corrected chi connectivity index (χ0v) is 12.3. The maximum absolute atomic E-state index is 12.3. The minimum atomic E-state index is 0.269. The van der Waals surface area contributed by atoms with Crippen molar-refractivity contribution in [1.82, 2.24) is 9.80 Å². The highest BCUT2D eigenvalue weighted by atomic mass is 16.5. The number of carbonyl (C=O) groups excluding carboxylic acids is 1. The molecular formula is C15H26N2O2. The zero-order chi connectivity index (χ0) is 14.0. The van der Waals surface area contributed by atoms with Crippen LogP contribution in [0.3, 0.4) is 0 Å². The smallest absolute Gasteiger partial charge is 0.237 e. The highest BCUT2D eigenvalue weighted by Crippen LogP contribution is 2.39. The molecule has 2 rings (SSSR count). The van der Waals surface area contributed by atoms with Gasteiger partial charge in [0.05, 0.1) is 19.3 Å². The molecule has 4 heteroatoms. The molecule has 4 nitrogen and oxygen atoms in total. The highest BCUT2D eigenvalue weighted by molar-refractivity contribution is 5.79. The molecule has 2 bridgehead atoms. The number of likely N-dealkylation sites (N-methyl/N-ethyl adjacent to an activating group) is 1. The lowest BCUT2D eigenvalue weighted by Crippen LogP contribution is -2.47. The first kappa shape index (κ1) is 14.5. The van der Waals surface area contributed by atoms with Crippen LogP contribution in [0.2, 0.25) is 0 Å². The van der Waals surface area contributed by atoms with E-state index in [1.54, 1.807) is 6.08 Å². The average Bonchev–Trinajstić information content (AvgIpc) is 2.95. The second kappa shape index (κ2) is 6.06. The van der Waals surface area contributed by atoms with Crippen molar-refractivity contribution in [1.29, 1.82) is 0 Å². The Morgan fingerprint density at radius 1 is 1.53 bits per heavy atom. The lowest BCUT2D eigenvalue weighted by molar-refractivity contribution is -0.135. The molecule has 108 valence electrons. The van der Waals surface area contributed by atoms with E-state index in [1.807, 2.05) is 7.05 Å². The Morgan fingerprint density at radius 2 is 2.26 bits per heavy atom. The van der Waals surface area contributed by atoms with E-state index in [0.717, 1.165) is 19.4 Å². The summed E-state index contributed by atoms with van der Waals surface area (Å²) in [6.45, 7) is 9.93. The van der Waals surface area contributed by atoms with E-state index in [9.17, 15) is 4.79 Å². The molecule has 1 aliphatic heterocycles. The van der Waals surface area contributed by atoms with Crippen LogP contribution in [-0.4, -0.2) is 60.6 Å². The number of hydrogen-bond donors (Lipinski definition) is 0. The topological polar surface area (TPSA) is 32.8 Å². The Bertz CT molecular complexity index is 343. The summed E-state index contributed by atoms with van der Waals surface area (Å²) >= 11 is 0. The van der Waals surface area contributed by atoms with E-state index in [2.05, 4.69) is 30.2 Å². The molecule has 0 N–H and O–H groups in total. The first-order chi connectivity index (χ1) is 9.02. The number of amides is 1. The normalized spacial score (nSPS) is 29.5. The Labute approximate surface area is 116 Å². The third-order valence-electron chi connectivity index (χ3n) is 4.49. The fourth-order valence-corrected chi connectivity index (χ4v) is 3.09. The molecule has 0 aromatic carbocycles. The molecule has 1 saturated heterocycles. The van der Waals surface area contributed by atoms with Gasteiger partial charge in [0.2, 0.25) is 5.91 Å². The monoisotopic (exact) mass is 266 g/mol. The van der Waals surface area contributed by atoms with Gasteiger partial charge in [0.15, 0.2) is 0 Å². The molecule has 3 unspecified atom stereocenters. The molecule has 1 aliphatic carbocycles. The SMILES string of the molecule is C=CCOC1CC2CC1CN2C(=O)CN(C)C(C)C. The van der Waals surface area contributed by atoms with E-state index in [4.69, 9.17) is 4.74 Å². The molecule has 3 atom stereocenters. The van der Waals surface area contributed by atoms with Gasteiger partial charge >= 0.3 is 0 Å². The summed E-state index contributed by atoms with van der Waals surface area (Å²) in [5.41, 5.74) is 0. The van der Waals surface area contributed by atoms with Crippen LogP contribution in [0, 0.1) is 5.92 Å². The second-order valence-electron chi connectivity index (χ2n) is 6.10. The summed E-state index contributed by atoms with van der Waals surface area (Å²) in [4.78, 5) is 16.5. The van der Waals surface area contributed by atoms with Crippen molar-refractivity contribution in [3.8, 4) is 0 Å². The number of likely N-dealkylation sites (tertiary alicyclic amines) is 1. The first-order valence-electron chi connectivity index (χ1n) is 7.25. The number of fused-ring (bicyclic) bond motifs is 2. The standard InChI is InChI=1S/C15H26N2O2/c1-5-6-19-14-8-13-7-12(14)9-17(13)15(18)10-16(4)11(2)3/h5,11-14H,1,6-10H2,2-4H3. The molecule has 0 spiro atoms. The Kier molecular flexibility index (Phi) is 4.63. The predicted molar refractivity (Wildman–Crippen MR) is 75.9 cm³/mol. The first-order valence-corrected chi connectivity index (χ1v) is 7.25. The number of hydrogen-bond acceptors (Lipinski definition) is 3. The van der Waals surface area contributed by atoms with Crippen molar-refractivity contribution < 1.29 is 9.53 Å². The molecule has 2 aliphatic rings. The molecule has 0 aromatic rings. The number of rotatable bonds is 6. The van der Waals surface area contributed by atoms with Crippen LogP contribution in [0.15, 0.2) is 12.7 Å². The molecule has 1 saturated carbocycles. The summed E-state index contributed by atoms with van der Waals surface area (Å²) in [5, 5.41) is 0. The summed E-state index contributed by atoms with van der Waals surface area (Å²) in [6, 6.07) is 0.806. The van der Waals surface area contributed by atoms with Gasteiger partial charge < -0.3 is 9.64 Å². The number of ether oxygens (including phenoxy) is 1. The summed E-state index contributed by atoms with van der Waals surface area (Å²) in [6.07, 6.45) is 4.23. The van der Waals surface area contributed by atoms with Crippen molar-refractivity contribution in [2.75, 3.05) is 26.7 Å². The highest BCUT2D eigenvalue weighted by Gasteiger charge is 2.46. The van der Waals surface area contributed by atoms with Crippen molar-refractivity contribution >= 4 is 5.91 Å². The Balaban J connectivity index is 1.83. The second-order valence-corrected chi connectivity index (χ2v) is 6.10. The van der Waals surface area contributed by atoms with Crippen LogP contribution in [0.4, 0.5) is 0 Å². The van der Waals surface area contributed by atoms with Gasteiger partial charge in [-0.15, -0.1) is 6.58 Å². The minimum Gasteiger partial charge on any atom is -0.374 e. The Morgan fingerprint density at radius 3 is 2.79 bits per heavy atom. The molecule has 0 radical (unpaired) electrons. The van der Waals surface area contributed by atoms with Crippen LogP contribution in [0.5, 0.6) is 0 Å². The number of piperidine rings is 1. The molecule has 19 heavy (non-hydrogen) atoms. The van der Waals surface area contributed by atoms with E-state index >= 15 is 0 Å². The van der Waals surface area contributed by atoms with E-state index in [-0.39, 0.29) is 5.91 Å². The maximum atomic E-state index is 12.3. The lowest BCUT2D eigenvalue weighted by Gasteiger charge is -2.33. The summed E-state index contributed by atoms with van der Waals surface area (Å²) in [7, 11) is 2.01. The average molecular weight is 266 g/mol. The van der Waals surface area contributed by atoms with Crippen LogP contribution >= 0.6 is 0 Å². The minimum absolute atomic E-state index is 0.269. The molecular weight excluding hydrogens is 240 g/mol. The fraction of sp³-hybridized carbons (Fsp3) is 0.800. The molecule has 1 amide bonds. The quantitative estimate of drug-likeness (QED) is 0.683. The lowest BCUT2D eigenvalue weighted by atomic mass is 10.1. The third-order valence-corrected chi connectivity index (χ3v) is 4.49. The van der Waals surface area contributed by atoms with Gasteiger partial charge in [-0.3, -0.25) is 9.69 Å². The van der Waals surface area contributed by atoms with Gasteiger partial charge in [0.25, 0.3) is 0 Å². The van der Waals surface area contributed by atoms with E-state index in [0.29, 0.717) is 37.3 Å². The zero-order valence-electron chi connectivity index (χ0n) is 12.3. The van der Waals surface area contributed by atoms with Gasteiger partial charge in [-0.25, -0.2) is 0 Å². The molecule has 0 aromatic heterocycles. The number of nitrogens with zero attached hydrogens (tertiary/aromatic N) is 2. The van der Waals surface area contributed by atoms with Gasteiger partial charge in [-0.05, 0) is 33.7 Å². The van der Waals surface area contributed by atoms with Crippen molar-refractivity contribution in [2.24, 2.45) is 5.92 Å². The van der Waals surface area contributed by atoms with Crippen LogP contribution in [0.25, 0.3) is 0 Å². The van der Waals surface area contributed by atoms with Gasteiger partial charge in [-0.2, -0.15) is 0 Å². The van der Waals surface area contributed by atoms with Crippen LogP contribution in [-0.2, 0) is 9.53 Å². The van der Waals surface area contributed by atoms with Crippen LogP contribution < -0.4 is 0 Å². The molecule has 1 heterocycles. The van der Waals surface area contributed by atoms with Gasteiger partial charge in [0.1, 0.15) is 0 Å². The van der Waals surface area contributed by atoms with Crippen molar-refractivity contribution in [2.45, 2.75) is 44.9 Å². The Hall–Kier alpha value is -0.870. The van der Waals surface area contributed by atoms with Crippen molar-refractivity contribution in [3.63, 3.8) is 0 Å². The van der Waals surface area contributed by atoms with Gasteiger partial charge in [0, 0.05) is 24.5 Å². The predicted octanol–water partition coefficient (Wildman–Crippen LogP) is 1.52. The van der Waals surface area contributed by atoms with Crippen molar-refractivity contribution in [3.05, 3.63) is 12.7 Å². The fourth-order valence-electron chi connectivity index (χ4n) is 3.09. The largest absolute Gasteiger partial charge is 0.374 e. The summed E-state index contributed by atoms with van der Waals surface area (Å²) in [5.74, 6) is 0.795. The molecule has 2 fully saturated rings. The van der Waals surface area contributed by atoms with Gasteiger partial charge in [-0.1, -0.05) is 6.08 Å². The van der Waals surface area contributed by atoms with Crippen LogP contribution in [0.1, 0.15) is 26.7 Å².